The highest BCUT2D eigenvalue weighted by Gasteiger charge is 2.36. The average molecular weight is 439 g/mol. The summed E-state index contributed by atoms with van der Waals surface area (Å²) >= 11 is 0. The van der Waals surface area contributed by atoms with Gasteiger partial charge >= 0.3 is 0 Å². The van der Waals surface area contributed by atoms with Gasteiger partial charge in [-0.25, -0.2) is 0 Å². The number of aryl methyl sites for hydroxylation is 2. The first kappa shape index (κ1) is 22.4. The first-order chi connectivity index (χ1) is 15.5. The summed E-state index contributed by atoms with van der Waals surface area (Å²) in [6.07, 6.45) is 6.52. The Kier molecular flexibility index (Phi) is 6.82. The maximum atomic E-state index is 13.6. The normalized spacial score (nSPS) is 22.7. The predicted octanol–water partition coefficient (Wildman–Crippen LogP) is 3.82. The molecule has 2 heterocycles. The zero-order valence-corrected chi connectivity index (χ0v) is 19.4. The summed E-state index contributed by atoms with van der Waals surface area (Å²) in [5.74, 6) is 0.580. The Morgan fingerprint density at radius 3 is 2.56 bits per heavy atom. The molecule has 1 aromatic heterocycles. The molecule has 0 unspecified atom stereocenters. The second kappa shape index (κ2) is 9.76. The number of carbonyl (C=O) groups is 2. The van der Waals surface area contributed by atoms with Crippen LogP contribution in [0, 0.1) is 6.92 Å². The van der Waals surface area contributed by atoms with Crippen LogP contribution in [0.4, 0.5) is 0 Å². The van der Waals surface area contributed by atoms with Crippen molar-refractivity contribution >= 4 is 11.8 Å². The van der Waals surface area contributed by atoms with Gasteiger partial charge < -0.3 is 14.5 Å². The molecular formula is C25H34N4O3. The molecule has 0 saturated heterocycles. The van der Waals surface area contributed by atoms with Crippen molar-refractivity contribution in [3.63, 3.8) is 0 Å². The van der Waals surface area contributed by atoms with Crippen LogP contribution < -0.4 is 4.74 Å². The number of ether oxygens (including phenoxy) is 1. The highest BCUT2D eigenvalue weighted by Crippen LogP contribution is 2.31. The third kappa shape index (κ3) is 4.66. The standard InChI is InChI=1S/C25H34N4O3/c1-18-17-20(26-28(18)3)25(31)29-16-10-4-9-15-27(2)24(30)19-11-5-7-13-22(19)32-23-14-8-6-12-21(23)29/h5,7,11,13,17,21,23H,4,6,8-10,12,14-16H2,1-3H3/t21-,23+/m1/s1. The molecule has 1 aliphatic heterocycles. The summed E-state index contributed by atoms with van der Waals surface area (Å²) in [4.78, 5) is 30.4. The Labute approximate surface area is 190 Å². The minimum absolute atomic E-state index is 0.0101. The van der Waals surface area contributed by atoms with E-state index in [-0.39, 0.29) is 24.0 Å². The smallest absolute Gasteiger partial charge is 0.274 e. The Balaban J connectivity index is 1.68. The molecule has 7 heteroatoms. The van der Waals surface area contributed by atoms with Crippen LogP contribution in [0.1, 0.15) is 71.5 Å². The van der Waals surface area contributed by atoms with Crippen LogP contribution in [0.2, 0.25) is 0 Å². The Hall–Kier alpha value is -2.83. The van der Waals surface area contributed by atoms with Crippen LogP contribution in [-0.4, -0.2) is 63.7 Å². The van der Waals surface area contributed by atoms with Gasteiger partial charge in [0.1, 0.15) is 11.9 Å². The van der Waals surface area contributed by atoms with E-state index in [0.29, 0.717) is 30.1 Å². The summed E-state index contributed by atoms with van der Waals surface area (Å²) in [6, 6.07) is 9.34. The van der Waals surface area contributed by atoms with Crippen molar-refractivity contribution in [1.82, 2.24) is 19.6 Å². The molecule has 0 N–H and O–H groups in total. The van der Waals surface area contributed by atoms with E-state index in [9.17, 15) is 9.59 Å². The summed E-state index contributed by atoms with van der Waals surface area (Å²) in [5.41, 5.74) is 2.05. The summed E-state index contributed by atoms with van der Waals surface area (Å²) in [6.45, 7) is 3.33. The minimum atomic E-state index is -0.141. The highest BCUT2D eigenvalue weighted by atomic mass is 16.5. The number of nitrogens with zero attached hydrogens (tertiary/aromatic N) is 4. The quantitative estimate of drug-likeness (QED) is 0.679. The van der Waals surface area contributed by atoms with Crippen LogP contribution in [0.3, 0.4) is 0 Å². The molecule has 172 valence electrons. The molecule has 32 heavy (non-hydrogen) atoms. The predicted molar refractivity (Wildman–Crippen MR) is 123 cm³/mol. The molecule has 2 aromatic rings. The molecule has 0 radical (unpaired) electrons. The maximum absolute atomic E-state index is 13.6. The van der Waals surface area contributed by atoms with Crippen LogP contribution in [-0.2, 0) is 7.05 Å². The Morgan fingerprint density at radius 2 is 1.78 bits per heavy atom. The van der Waals surface area contributed by atoms with E-state index in [2.05, 4.69) is 5.10 Å². The molecule has 2 aliphatic rings. The monoisotopic (exact) mass is 438 g/mol. The molecule has 2 amide bonds. The van der Waals surface area contributed by atoms with Gasteiger partial charge in [-0.1, -0.05) is 18.6 Å². The number of carbonyl (C=O) groups excluding carboxylic acids is 2. The topological polar surface area (TPSA) is 67.7 Å². The van der Waals surface area contributed by atoms with Gasteiger partial charge in [-0.15, -0.1) is 0 Å². The van der Waals surface area contributed by atoms with Gasteiger partial charge in [-0.2, -0.15) is 5.10 Å². The molecule has 7 nitrogen and oxygen atoms in total. The second-order valence-electron chi connectivity index (χ2n) is 9.08. The van der Waals surface area contributed by atoms with Crippen molar-refractivity contribution in [1.29, 1.82) is 0 Å². The first-order valence-corrected chi connectivity index (χ1v) is 11.8. The van der Waals surface area contributed by atoms with Crippen LogP contribution in [0.15, 0.2) is 30.3 Å². The zero-order valence-electron chi connectivity index (χ0n) is 19.4. The lowest BCUT2D eigenvalue weighted by atomic mass is 9.90. The minimum Gasteiger partial charge on any atom is -0.487 e. The van der Waals surface area contributed by atoms with Crippen molar-refractivity contribution < 1.29 is 14.3 Å². The van der Waals surface area contributed by atoms with E-state index in [0.717, 1.165) is 50.6 Å². The fourth-order valence-electron chi connectivity index (χ4n) is 4.83. The molecule has 1 aliphatic carbocycles. The van der Waals surface area contributed by atoms with Gasteiger partial charge in [-0.05, 0) is 63.6 Å². The molecule has 1 aromatic carbocycles. The number of benzene rings is 1. The number of rotatable bonds is 1. The van der Waals surface area contributed by atoms with E-state index >= 15 is 0 Å². The number of aromatic nitrogens is 2. The third-order valence-electron chi connectivity index (χ3n) is 6.80. The fraction of sp³-hybridized carbons (Fsp3) is 0.560. The van der Waals surface area contributed by atoms with Gasteiger partial charge in [0.25, 0.3) is 11.8 Å². The lowest BCUT2D eigenvalue weighted by Gasteiger charge is -2.40. The van der Waals surface area contributed by atoms with Crippen molar-refractivity contribution in [2.45, 2.75) is 64.0 Å². The van der Waals surface area contributed by atoms with Gasteiger partial charge in [0.2, 0.25) is 0 Å². The zero-order chi connectivity index (χ0) is 22.7. The van der Waals surface area contributed by atoms with Gasteiger partial charge in [0.15, 0.2) is 5.69 Å². The van der Waals surface area contributed by atoms with E-state index in [1.807, 2.05) is 56.3 Å². The van der Waals surface area contributed by atoms with Crippen molar-refractivity contribution in [2.75, 3.05) is 20.1 Å². The van der Waals surface area contributed by atoms with Crippen molar-refractivity contribution in [3.05, 3.63) is 47.3 Å². The molecule has 0 bridgehead atoms. The van der Waals surface area contributed by atoms with E-state index in [4.69, 9.17) is 4.74 Å². The summed E-state index contributed by atoms with van der Waals surface area (Å²) in [5, 5.41) is 4.46. The molecular weight excluding hydrogens is 404 g/mol. The van der Waals surface area contributed by atoms with E-state index in [1.54, 1.807) is 9.58 Å². The summed E-state index contributed by atoms with van der Waals surface area (Å²) < 4.78 is 8.26. The number of hydrogen-bond acceptors (Lipinski definition) is 4. The Bertz CT molecular complexity index is 950. The van der Waals surface area contributed by atoms with Gasteiger partial charge in [0, 0.05) is 32.9 Å². The van der Waals surface area contributed by atoms with E-state index < -0.39 is 0 Å². The largest absolute Gasteiger partial charge is 0.487 e. The third-order valence-corrected chi connectivity index (χ3v) is 6.80. The van der Waals surface area contributed by atoms with Crippen LogP contribution >= 0.6 is 0 Å². The second-order valence-corrected chi connectivity index (χ2v) is 9.08. The first-order valence-electron chi connectivity index (χ1n) is 11.8. The van der Waals surface area contributed by atoms with Crippen molar-refractivity contribution in [3.8, 4) is 5.75 Å². The molecule has 2 atom stereocenters. The average Bonchev–Trinajstić information content (AvgIpc) is 3.14. The van der Waals surface area contributed by atoms with Crippen molar-refractivity contribution in [2.24, 2.45) is 7.05 Å². The number of hydrogen-bond donors (Lipinski definition) is 0. The van der Waals surface area contributed by atoms with E-state index in [1.165, 1.54) is 0 Å². The molecule has 1 saturated carbocycles. The lowest BCUT2D eigenvalue weighted by molar-refractivity contribution is 0.0268. The highest BCUT2D eigenvalue weighted by molar-refractivity contribution is 5.96. The maximum Gasteiger partial charge on any atom is 0.274 e. The summed E-state index contributed by atoms with van der Waals surface area (Å²) in [7, 11) is 3.71. The SMILES string of the molecule is Cc1cc(C(=O)N2CCCCCN(C)C(=O)c3ccccc3O[C@H]3CCCC[C@H]32)nn1C. The molecule has 0 spiro atoms. The fourth-order valence-corrected chi connectivity index (χ4v) is 4.83. The van der Waals surface area contributed by atoms with Crippen LogP contribution in [0.25, 0.3) is 0 Å². The number of para-hydroxylation sites is 1. The van der Waals surface area contributed by atoms with Gasteiger partial charge in [0.05, 0.1) is 11.6 Å². The molecule has 4 rings (SSSR count). The van der Waals surface area contributed by atoms with Gasteiger partial charge in [-0.3, -0.25) is 14.3 Å². The number of amides is 2. The van der Waals surface area contributed by atoms with Crippen LogP contribution in [0.5, 0.6) is 5.75 Å². The lowest BCUT2D eigenvalue weighted by Crippen LogP contribution is -2.51. The molecule has 1 fully saturated rings. The number of fused-ring (bicyclic) bond motifs is 2. The Morgan fingerprint density at radius 1 is 1.03 bits per heavy atom.